The molecule has 0 aromatic heterocycles. The van der Waals surface area contributed by atoms with Crippen LogP contribution in [0.2, 0.25) is 0 Å². The van der Waals surface area contributed by atoms with Gasteiger partial charge < -0.3 is 10.8 Å². The summed E-state index contributed by atoms with van der Waals surface area (Å²) in [7, 11) is 0. The summed E-state index contributed by atoms with van der Waals surface area (Å²) in [5.74, 6) is 0.185. The Morgan fingerprint density at radius 1 is 1.56 bits per heavy atom. The number of fused-ring (bicyclic) bond motifs is 1. The number of aryl methyl sites for hydroxylation is 1. The first kappa shape index (κ1) is 11.5. The normalized spacial score (nSPS) is 16.6. The van der Waals surface area contributed by atoms with E-state index < -0.39 is 12.0 Å². The first-order valence-corrected chi connectivity index (χ1v) is 6.39. The highest BCUT2D eigenvalue weighted by molar-refractivity contribution is 7.99. The van der Waals surface area contributed by atoms with Gasteiger partial charge in [0.15, 0.2) is 0 Å². The molecule has 1 aromatic carbocycles. The fraction of sp³-hybridized carbons (Fsp3) is 0.417. The molecule has 1 aliphatic heterocycles. The summed E-state index contributed by atoms with van der Waals surface area (Å²) < 4.78 is 0. The van der Waals surface area contributed by atoms with Crippen molar-refractivity contribution in [3.8, 4) is 0 Å². The highest BCUT2D eigenvalue weighted by Gasteiger charge is 2.18. The fourth-order valence-electron chi connectivity index (χ4n) is 1.94. The van der Waals surface area contributed by atoms with Crippen molar-refractivity contribution in [3.63, 3.8) is 0 Å². The van der Waals surface area contributed by atoms with Gasteiger partial charge in [0.2, 0.25) is 0 Å². The molecule has 1 aromatic rings. The minimum absolute atomic E-state index is 0.422. The summed E-state index contributed by atoms with van der Waals surface area (Å²) in [5.41, 5.74) is 7.99. The number of nitrogens with two attached hydrogens (primary N) is 1. The lowest BCUT2D eigenvalue weighted by molar-refractivity contribution is -0.138. The van der Waals surface area contributed by atoms with Gasteiger partial charge >= 0.3 is 5.97 Å². The molecule has 0 fully saturated rings. The van der Waals surface area contributed by atoms with E-state index in [-0.39, 0.29) is 0 Å². The van der Waals surface area contributed by atoms with Crippen LogP contribution in [0.5, 0.6) is 0 Å². The quantitative estimate of drug-likeness (QED) is 0.839. The van der Waals surface area contributed by atoms with Crippen molar-refractivity contribution in [1.29, 1.82) is 0 Å². The third kappa shape index (κ3) is 2.39. The second-order valence-electron chi connectivity index (χ2n) is 4.01. The zero-order valence-corrected chi connectivity index (χ0v) is 9.80. The number of hydrogen-bond acceptors (Lipinski definition) is 3. The van der Waals surface area contributed by atoms with Crippen LogP contribution in [0.15, 0.2) is 23.1 Å². The van der Waals surface area contributed by atoms with E-state index in [9.17, 15) is 4.79 Å². The first-order valence-electron chi connectivity index (χ1n) is 5.40. The summed E-state index contributed by atoms with van der Waals surface area (Å²) in [6.07, 6.45) is 2.72. The van der Waals surface area contributed by atoms with E-state index in [0.717, 1.165) is 17.7 Å². The van der Waals surface area contributed by atoms with Crippen LogP contribution in [0.4, 0.5) is 0 Å². The molecule has 0 spiro atoms. The van der Waals surface area contributed by atoms with Gasteiger partial charge in [-0.3, -0.25) is 4.79 Å². The van der Waals surface area contributed by atoms with Crippen LogP contribution in [-0.4, -0.2) is 22.9 Å². The molecule has 1 unspecified atom stereocenters. The zero-order chi connectivity index (χ0) is 11.5. The molecule has 1 atom stereocenters. The second kappa shape index (κ2) is 4.89. The van der Waals surface area contributed by atoms with Crippen molar-refractivity contribution in [2.45, 2.75) is 30.2 Å². The van der Waals surface area contributed by atoms with Gasteiger partial charge in [-0.05, 0) is 36.1 Å². The van der Waals surface area contributed by atoms with Crippen LogP contribution in [0.25, 0.3) is 0 Å². The molecule has 0 saturated carbocycles. The number of carboxylic acid groups (broad SMARTS) is 1. The number of carboxylic acids is 1. The van der Waals surface area contributed by atoms with E-state index in [1.807, 2.05) is 23.9 Å². The molecule has 1 aliphatic rings. The molecular weight excluding hydrogens is 222 g/mol. The maximum Gasteiger partial charge on any atom is 0.320 e. The summed E-state index contributed by atoms with van der Waals surface area (Å²) in [4.78, 5) is 12.0. The minimum atomic E-state index is -0.932. The number of rotatable bonds is 3. The van der Waals surface area contributed by atoms with E-state index in [0.29, 0.717) is 6.42 Å². The van der Waals surface area contributed by atoms with E-state index in [4.69, 9.17) is 10.8 Å². The van der Waals surface area contributed by atoms with Gasteiger partial charge in [-0.1, -0.05) is 18.2 Å². The molecule has 4 heteroatoms. The van der Waals surface area contributed by atoms with Crippen LogP contribution in [-0.2, 0) is 17.6 Å². The maximum atomic E-state index is 10.7. The summed E-state index contributed by atoms with van der Waals surface area (Å²) in [5, 5.41) is 8.82. The number of hydrogen-bond donors (Lipinski definition) is 2. The van der Waals surface area contributed by atoms with Gasteiger partial charge in [0, 0.05) is 4.90 Å². The Morgan fingerprint density at radius 3 is 3.12 bits per heavy atom. The van der Waals surface area contributed by atoms with Crippen LogP contribution in [0.1, 0.15) is 17.5 Å². The van der Waals surface area contributed by atoms with Gasteiger partial charge in [-0.2, -0.15) is 0 Å². The Kier molecular flexibility index (Phi) is 3.51. The molecule has 3 N–H and O–H groups in total. The highest BCUT2D eigenvalue weighted by Crippen LogP contribution is 2.33. The topological polar surface area (TPSA) is 63.3 Å². The third-order valence-corrected chi connectivity index (χ3v) is 4.08. The molecule has 3 nitrogen and oxygen atoms in total. The lowest BCUT2D eigenvalue weighted by Gasteiger charge is -2.19. The van der Waals surface area contributed by atoms with Crippen molar-refractivity contribution in [1.82, 2.24) is 0 Å². The molecular formula is C12H15NO2S. The third-order valence-electron chi connectivity index (χ3n) is 2.77. The number of thioether (sulfide) groups is 1. The van der Waals surface area contributed by atoms with Gasteiger partial charge in [0.1, 0.15) is 6.04 Å². The van der Waals surface area contributed by atoms with Crippen molar-refractivity contribution in [3.05, 3.63) is 29.3 Å². The Labute approximate surface area is 99.0 Å². The molecule has 86 valence electrons. The molecule has 16 heavy (non-hydrogen) atoms. The maximum absolute atomic E-state index is 10.7. The van der Waals surface area contributed by atoms with Gasteiger partial charge in [-0.25, -0.2) is 0 Å². The average molecular weight is 237 g/mol. The van der Waals surface area contributed by atoms with E-state index in [2.05, 4.69) is 6.07 Å². The molecule has 0 bridgehead atoms. The molecule has 2 rings (SSSR count). The average Bonchev–Trinajstić information content (AvgIpc) is 2.29. The fourth-order valence-corrected chi connectivity index (χ4v) is 3.13. The summed E-state index contributed by atoms with van der Waals surface area (Å²) >= 11 is 1.82. The minimum Gasteiger partial charge on any atom is -0.480 e. The van der Waals surface area contributed by atoms with Crippen molar-refractivity contribution >= 4 is 17.7 Å². The van der Waals surface area contributed by atoms with Crippen LogP contribution in [0, 0.1) is 0 Å². The molecule has 0 amide bonds. The smallest absolute Gasteiger partial charge is 0.320 e. The Bertz CT molecular complexity index is 406. The lowest BCUT2D eigenvalue weighted by atomic mass is 10.0. The summed E-state index contributed by atoms with van der Waals surface area (Å²) in [6, 6.07) is 5.31. The first-order chi connectivity index (χ1) is 7.68. The standard InChI is InChI=1S/C12H15NO2S/c13-10(12(14)15)7-9-4-1-3-8-5-2-6-16-11(8)9/h1,3-4,10H,2,5-7,13H2,(H,14,15). The van der Waals surface area contributed by atoms with Gasteiger partial charge in [0.05, 0.1) is 0 Å². The molecule has 1 heterocycles. The molecule has 0 saturated heterocycles. The number of aliphatic carboxylic acids is 1. The van der Waals surface area contributed by atoms with Crippen LogP contribution in [0.3, 0.4) is 0 Å². The van der Waals surface area contributed by atoms with Crippen LogP contribution < -0.4 is 5.73 Å². The van der Waals surface area contributed by atoms with Crippen LogP contribution >= 0.6 is 11.8 Å². The highest BCUT2D eigenvalue weighted by atomic mass is 32.2. The SMILES string of the molecule is NC(Cc1cccc2c1SCCC2)C(=O)O. The predicted octanol–water partition coefficient (Wildman–Crippen LogP) is 1.68. The number of carbonyl (C=O) groups is 1. The van der Waals surface area contributed by atoms with Gasteiger partial charge in [0.25, 0.3) is 0 Å². The molecule has 0 aliphatic carbocycles. The Morgan fingerprint density at radius 2 is 2.38 bits per heavy atom. The molecule has 0 radical (unpaired) electrons. The monoisotopic (exact) mass is 237 g/mol. The lowest BCUT2D eigenvalue weighted by Crippen LogP contribution is -2.32. The van der Waals surface area contributed by atoms with Gasteiger partial charge in [-0.15, -0.1) is 11.8 Å². The zero-order valence-electron chi connectivity index (χ0n) is 8.98. The Balaban J connectivity index is 2.24. The van der Waals surface area contributed by atoms with E-state index in [1.165, 1.54) is 16.9 Å². The van der Waals surface area contributed by atoms with E-state index >= 15 is 0 Å². The largest absolute Gasteiger partial charge is 0.480 e. The van der Waals surface area contributed by atoms with E-state index in [1.54, 1.807) is 0 Å². The van der Waals surface area contributed by atoms with Crippen molar-refractivity contribution < 1.29 is 9.90 Å². The Hall–Kier alpha value is -1.00. The van der Waals surface area contributed by atoms with Crippen molar-refractivity contribution in [2.24, 2.45) is 5.73 Å². The second-order valence-corrected chi connectivity index (χ2v) is 5.11. The summed E-state index contributed by atoms with van der Waals surface area (Å²) in [6.45, 7) is 0. The van der Waals surface area contributed by atoms with Crippen molar-refractivity contribution in [2.75, 3.05) is 5.75 Å². The number of benzene rings is 1. The predicted molar refractivity (Wildman–Crippen MR) is 64.8 cm³/mol.